The second-order valence-corrected chi connectivity index (χ2v) is 8.66. The summed E-state index contributed by atoms with van der Waals surface area (Å²) in [5, 5.41) is 8.78. The van der Waals surface area contributed by atoms with Crippen molar-refractivity contribution in [3.8, 4) is 10.6 Å². The minimum absolute atomic E-state index is 0.169. The minimum atomic E-state index is -0.404. The molecule has 0 bridgehead atoms. The Balaban J connectivity index is 1.47. The molecule has 3 aromatic rings. The third-order valence-corrected chi connectivity index (χ3v) is 6.51. The molecule has 0 aliphatic carbocycles. The molecule has 7 nitrogen and oxygen atoms in total. The van der Waals surface area contributed by atoms with Crippen LogP contribution < -0.4 is 10.6 Å². The fraction of sp³-hybridized carbons (Fsp3) is 0.263. The second-order valence-electron chi connectivity index (χ2n) is 6.40. The predicted octanol–water partition coefficient (Wildman–Crippen LogP) is 4.60. The standard InChI is InChI=1S/C19H17ClN4O3S2/c1-10-15(13-9-28-18(22-13)24-17(26)14-7-4-8-27-14)29-19(21-10)23-16(25)11-5-2-3-6-12(11)20/h2-3,5-6,9,14H,4,7-8H2,1H3,(H,21,23,25)(H,22,24,26). The molecule has 29 heavy (non-hydrogen) atoms. The average Bonchev–Trinajstić information content (AvgIpc) is 3.43. The lowest BCUT2D eigenvalue weighted by Crippen LogP contribution is -2.26. The first-order valence-corrected chi connectivity index (χ1v) is 11.0. The predicted molar refractivity (Wildman–Crippen MR) is 115 cm³/mol. The van der Waals surface area contributed by atoms with Gasteiger partial charge in [-0.15, -0.1) is 11.3 Å². The maximum atomic E-state index is 12.4. The molecule has 0 radical (unpaired) electrons. The van der Waals surface area contributed by atoms with Crippen molar-refractivity contribution in [2.24, 2.45) is 0 Å². The second kappa shape index (κ2) is 8.58. The molecule has 2 aromatic heterocycles. The van der Waals surface area contributed by atoms with E-state index in [4.69, 9.17) is 16.3 Å². The van der Waals surface area contributed by atoms with Gasteiger partial charge in [-0.05, 0) is 31.9 Å². The van der Waals surface area contributed by atoms with Crippen LogP contribution in [-0.2, 0) is 9.53 Å². The number of amides is 2. The van der Waals surface area contributed by atoms with Crippen molar-refractivity contribution in [3.63, 3.8) is 0 Å². The zero-order chi connectivity index (χ0) is 20.4. The first-order valence-electron chi connectivity index (χ1n) is 8.93. The lowest BCUT2D eigenvalue weighted by Gasteiger charge is -2.07. The van der Waals surface area contributed by atoms with Crippen LogP contribution in [0.1, 0.15) is 28.9 Å². The highest BCUT2D eigenvalue weighted by Crippen LogP contribution is 2.35. The van der Waals surface area contributed by atoms with Gasteiger partial charge in [-0.2, -0.15) is 0 Å². The van der Waals surface area contributed by atoms with Gasteiger partial charge in [0.1, 0.15) is 6.10 Å². The highest BCUT2D eigenvalue weighted by molar-refractivity contribution is 7.20. The summed E-state index contributed by atoms with van der Waals surface area (Å²) in [6.07, 6.45) is 1.22. The summed E-state index contributed by atoms with van der Waals surface area (Å²) >= 11 is 8.74. The van der Waals surface area contributed by atoms with E-state index in [0.717, 1.165) is 23.4 Å². The Hall–Kier alpha value is -2.33. The van der Waals surface area contributed by atoms with E-state index in [0.29, 0.717) is 33.2 Å². The van der Waals surface area contributed by atoms with E-state index in [1.807, 2.05) is 12.3 Å². The van der Waals surface area contributed by atoms with E-state index < -0.39 is 6.10 Å². The molecule has 1 fully saturated rings. The lowest BCUT2D eigenvalue weighted by atomic mass is 10.2. The van der Waals surface area contributed by atoms with E-state index in [1.54, 1.807) is 24.3 Å². The molecular formula is C19H17ClN4O3S2. The quantitative estimate of drug-likeness (QED) is 0.595. The summed E-state index contributed by atoms with van der Waals surface area (Å²) in [5.74, 6) is -0.490. The van der Waals surface area contributed by atoms with Crippen molar-refractivity contribution in [3.05, 3.63) is 45.9 Å². The van der Waals surface area contributed by atoms with Gasteiger partial charge in [-0.3, -0.25) is 20.2 Å². The number of hydrogen-bond acceptors (Lipinski definition) is 7. The lowest BCUT2D eigenvalue weighted by molar-refractivity contribution is -0.124. The third kappa shape index (κ3) is 4.48. The van der Waals surface area contributed by atoms with E-state index in [9.17, 15) is 9.59 Å². The molecule has 0 spiro atoms. The third-order valence-electron chi connectivity index (χ3n) is 4.32. The van der Waals surface area contributed by atoms with Crippen molar-refractivity contribution in [1.29, 1.82) is 0 Å². The van der Waals surface area contributed by atoms with Crippen LogP contribution in [0.25, 0.3) is 10.6 Å². The number of thiazole rings is 2. The van der Waals surface area contributed by atoms with Gasteiger partial charge in [0.05, 0.1) is 26.9 Å². The van der Waals surface area contributed by atoms with Crippen LogP contribution in [0.2, 0.25) is 5.02 Å². The zero-order valence-corrected chi connectivity index (χ0v) is 17.8. The van der Waals surface area contributed by atoms with Crippen LogP contribution in [0.5, 0.6) is 0 Å². The topological polar surface area (TPSA) is 93.2 Å². The van der Waals surface area contributed by atoms with Gasteiger partial charge >= 0.3 is 0 Å². The van der Waals surface area contributed by atoms with Crippen LogP contribution in [0, 0.1) is 6.92 Å². The Labute approximate surface area is 180 Å². The Morgan fingerprint density at radius 3 is 2.79 bits per heavy atom. The maximum absolute atomic E-state index is 12.4. The molecular weight excluding hydrogens is 432 g/mol. The van der Waals surface area contributed by atoms with Gasteiger partial charge in [0.25, 0.3) is 11.8 Å². The first-order chi connectivity index (χ1) is 14.0. The van der Waals surface area contributed by atoms with Crippen LogP contribution in [0.15, 0.2) is 29.6 Å². The summed E-state index contributed by atoms with van der Waals surface area (Å²) < 4.78 is 5.39. The van der Waals surface area contributed by atoms with Crippen molar-refractivity contribution >= 4 is 56.4 Å². The Kier molecular flexibility index (Phi) is 5.91. The normalized spacial score (nSPS) is 16.0. The molecule has 2 N–H and O–H groups in total. The van der Waals surface area contributed by atoms with Crippen LogP contribution in [-0.4, -0.2) is 34.5 Å². The molecule has 1 aliphatic heterocycles. The van der Waals surface area contributed by atoms with Crippen molar-refractivity contribution in [2.45, 2.75) is 25.9 Å². The number of anilines is 2. The van der Waals surface area contributed by atoms with E-state index >= 15 is 0 Å². The van der Waals surface area contributed by atoms with Gasteiger partial charge in [0.15, 0.2) is 10.3 Å². The summed E-state index contributed by atoms with van der Waals surface area (Å²) in [7, 11) is 0. The smallest absolute Gasteiger partial charge is 0.258 e. The Morgan fingerprint density at radius 1 is 1.21 bits per heavy atom. The molecule has 10 heteroatoms. The zero-order valence-electron chi connectivity index (χ0n) is 15.4. The summed E-state index contributed by atoms with van der Waals surface area (Å²) in [5.41, 5.74) is 1.83. The number of rotatable bonds is 5. The van der Waals surface area contributed by atoms with Gasteiger partial charge < -0.3 is 4.74 Å². The largest absolute Gasteiger partial charge is 0.368 e. The number of carbonyl (C=O) groups excluding carboxylic acids is 2. The van der Waals surface area contributed by atoms with E-state index in [2.05, 4.69) is 20.6 Å². The molecule has 150 valence electrons. The van der Waals surface area contributed by atoms with Crippen LogP contribution in [0.3, 0.4) is 0 Å². The van der Waals surface area contributed by atoms with Gasteiger partial charge in [0.2, 0.25) is 0 Å². The molecule has 1 atom stereocenters. The number of nitrogens with one attached hydrogen (secondary N) is 2. The molecule has 4 rings (SSSR count). The molecule has 1 aliphatic rings. The van der Waals surface area contributed by atoms with Gasteiger partial charge in [0, 0.05) is 12.0 Å². The average molecular weight is 449 g/mol. The first kappa shape index (κ1) is 20.0. The fourth-order valence-corrected chi connectivity index (χ4v) is 4.83. The van der Waals surface area contributed by atoms with E-state index in [-0.39, 0.29) is 11.8 Å². The molecule has 0 saturated carbocycles. The highest BCUT2D eigenvalue weighted by Gasteiger charge is 2.24. The SMILES string of the molecule is Cc1nc(NC(=O)c2ccccc2Cl)sc1-c1csc(NC(=O)C2CCCO2)n1. The van der Waals surface area contributed by atoms with E-state index in [1.165, 1.54) is 22.7 Å². The number of carbonyl (C=O) groups is 2. The number of nitrogens with zero attached hydrogens (tertiary/aromatic N) is 2. The van der Waals surface area contributed by atoms with Crippen LogP contribution in [0.4, 0.5) is 10.3 Å². The van der Waals surface area contributed by atoms with Crippen molar-refractivity contribution in [2.75, 3.05) is 17.2 Å². The maximum Gasteiger partial charge on any atom is 0.258 e. The van der Waals surface area contributed by atoms with Gasteiger partial charge in [-0.1, -0.05) is 35.1 Å². The monoisotopic (exact) mass is 448 g/mol. The summed E-state index contributed by atoms with van der Waals surface area (Å²) in [4.78, 5) is 34.3. The Bertz CT molecular complexity index is 1060. The minimum Gasteiger partial charge on any atom is -0.368 e. The number of hydrogen-bond donors (Lipinski definition) is 2. The highest BCUT2D eigenvalue weighted by atomic mass is 35.5. The van der Waals surface area contributed by atoms with Crippen LogP contribution >= 0.6 is 34.3 Å². The van der Waals surface area contributed by atoms with Crippen molar-refractivity contribution < 1.29 is 14.3 Å². The molecule has 3 heterocycles. The number of halogens is 1. The Morgan fingerprint density at radius 2 is 2.03 bits per heavy atom. The number of ether oxygens (including phenoxy) is 1. The molecule has 1 unspecified atom stereocenters. The summed E-state index contributed by atoms with van der Waals surface area (Å²) in [6.45, 7) is 2.46. The van der Waals surface area contributed by atoms with Gasteiger partial charge in [-0.25, -0.2) is 9.97 Å². The number of aryl methyl sites for hydroxylation is 1. The number of benzene rings is 1. The fourth-order valence-electron chi connectivity index (χ4n) is 2.90. The molecule has 2 amide bonds. The number of aromatic nitrogens is 2. The summed E-state index contributed by atoms with van der Waals surface area (Å²) in [6, 6.07) is 6.84. The van der Waals surface area contributed by atoms with Crippen molar-refractivity contribution in [1.82, 2.24) is 9.97 Å². The molecule has 1 aromatic carbocycles. The molecule has 1 saturated heterocycles.